The molecule has 0 aliphatic rings. The van der Waals surface area contributed by atoms with Crippen molar-refractivity contribution in [3.05, 3.63) is 58.7 Å². The van der Waals surface area contributed by atoms with E-state index in [0.717, 1.165) is 30.9 Å². The van der Waals surface area contributed by atoms with Crippen LogP contribution in [0.1, 0.15) is 10.4 Å². The lowest BCUT2D eigenvalue weighted by molar-refractivity contribution is 0.0980. The van der Waals surface area contributed by atoms with E-state index in [0.29, 0.717) is 0 Å². The molecule has 0 saturated heterocycles. The zero-order chi connectivity index (χ0) is 18.2. The first-order valence-corrected chi connectivity index (χ1v) is 9.64. The van der Waals surface area contributed by atoms with Crippen LogP contribution in [-0.4, -0.2) is 37.7 Å². The van der Waals surface area contributed by atoms with Crippen LogP contribution in [0.2, 0.25) is 0 Å². The van der Waals surface area contributed by atoms with Crippen LogP contribution in [0.15, 0.2) is 53.1 Å². The first-order chi connectivity index (χ1) is 11.8. The number of H-pyrrole nitrogens is 1. The molecule has 1 heterocycles. The van der Waals surface area contributed by atoms with Crippen molar-refractivity contribution in [2.45, 2.75) is 0 Å². The molecule has 0 radical (unpaired) electrons. The summed E-state index contributed by atoms with van der Waals surface area (Å²) in [4.78, 5) is 15.4. The SMILES string of the molecule is CN(C)S(=O)(=O)NC(=O)c1ccc2c(-c3ccccc3)c(Br)[nH]c2c1. The van der Waals surface area contributed by atoms with E-state index in [1.54, 1.807) is 18.2 Å². The quantitative estimate of drug-likeness (QED) is 0.678. The Bertz CT molecular complexity index is 1040. The van der Waals surface area contributed by atoms with Crippen LogP contribution >= 0.6 is 15.9 Å². The number of aromatic amines is 1. The predicted octanol–water partition coefficient (Wildman–Crippen LogP) is 3.13. The molecular weight excluding hydrogens is 406 g/mol. The summed E-state index contributed by atoms with van der Waals surface area (Å²) >= 11 is 3.52. The van der Waals surface area contributed by atoms with E-state index in [9.17, 15) is 13.2 Å². The minimum Gasteiger partial charge on any atom is -0.349 e. The van der Waals surface area contributed by atoms with E-state index in [1.807, 2.05) is 35.1 Å². The Morgan fingerprint density at radius 3 is 2.44 bits per heavy atom. The molecule has 0 bridgehead atoms. The number of nitrogens with zero attached hydrogens (tertiary/aromatic N) is 1. The number of hydrogen-bond acceptors (Lipinski definition) is 3. The summed E-state index contributed by atoms with van der Waals surface area (Å²) in [5, 5.41) is 0.935. The highest BCUT2D eigenvalue weighted by atomic mass is 79.9. The average molecular weight is 422 g/mol. The largest absolute Gasteiger partial charge is 0.349 e. The van der Waals surface area contributed by atoms with Gasteiger partial charge in [0.1, 0.15) is 0 Å². The van der Waals surface area contributed by atoms with Crippen LogP contribution in [0.3, 0.4) is 0 Å². The number of fused-ring (bicyclic) bond motifs is 1. The third-order valence-electron chi connectivity index (χ3n) is 3.78. The number of amides is 1. The van der Waals surface area contributed by atoms with E-state index in [1.165, 1.54) is 14.1 Å². The Morgan fingerprint density at radius 2 is 1.80 bits per heavy atom. The molecule has 25 heavy (non-hydrogen) atoms. The van der Waals surface area contributed by atoms with Gasteiger partial charge in [0.15, 0.2) is 0 Å². The van der Waals surface area contributed by atoms with E-state index in [4.69, 9.17) is 0 Å². The van der Waals surface area contributed by atoms with Crippen LogP contribution in [-0.2, 0) is 10.2 Å². The molecule has 0 aliphatic carbocycles. The van der Waals surface area contributed by atoms with E-state index in [2.05, 4.69) is 20.9 Å². The van der Waals surface area contributed by atoms with Gasteiger partial charge in [-0.15, -0.1) is 0 Å². The van der Waals surface area contributed by atoms with Gasteiger partial charge in [0.2, 0.25) is 0 Å². The molecular formula is C17H16BrN3O3S. The van der Waals surface area contributed by atoms with Gasteiger partial charge in [0.05, 0.1) is 4.60 Å². The van der Waals surface area contributed by atoms with Crippen LogP contribution in [0.4, 0.5) is 0 Å². The molecule has 1 amide bonds. The van der Waals surface area contributed by atoms with E-state index < -0.39 is 16.1 Å². The molecule has 0 spiro atoms. The number of hydrogen-bond donors (Lipinski definition) is 2. The highest BCUT2D eigenvalue weighted by molar-refractivity contribution is 9.10. The molecule has 0 atom stereocenters. The summed E-state index contributed by atoms with van der Waals surface area (Å²) in [5.74, 6) is -0.678. The van der Waals surface area contributed by atoms with Gasteiger partial charge in [0, 0.05) is 36.1 Å². The van der Waals surface area contributed by atoms with E-state index >= 15 is 0 Å². The molecule has 0 unspecified atom stereocenters. The van der Waals surface area contributed by atoms with Crippen molar-refractivity contribution < 1.29 is 13.2 Å². The number of carbonyl (C=O) groups excluding carboxylic acids is 1. The first kappa shape index (κ1) is 17.7. The molecule has 0 saturated carbocycles. The van der Waals surface area contributed by atoms with Crippen LogP contribution in [0.25, 0.3) is 22.0 Å². The minimum atomic E-state index is -3.83. The molecule has 0 aliphatic heterocycles. The van der Waals surface area contributed by atoms with Crippen LogP contribution < -0.4 is 4.72 Å². The molecule has 3 rings (SSSR count). The predicted molar refractivity (Wildman–Crippen MR) is 102 cm³/mol. The van der Waals surface area contributed by atoms with Gasteiger partial charge in [-0.1, -0.05) is 36.4 Å². The number of aromatic nitrogens is 1. The smallest absolute Gasteiger partial charge is 0.303 e. The van der Waals surface area contributed by atoms with Gasteiger partial charge >= 0.3 is 10.2 Å². The van der Waals surface area contributed by atoms with Gasteiger partial charge < -0.3 is 4.98 Å². The second kappa shape index (κ2) is 6.62. The lowest BCUT2D eigenvalue weighted by atomic mass is 10.0. The average Bonchev–Trinajstić information content (AvgIpc) is 2.89. The fourth-order valence-corrected chi connectivity index (χ4v) is 3.65. The molecule has 2 N–H and O–H groups in total. The zero-order valence-corrected chi connectivity index (χ0v) is 16.0. The van der Waals surface area contributed by atoms with Gasteiger partial charge in [-0.2, -0.15) is 12.7 Å². The van der Waals surface area contributed by atoms with Crippen molar-refractivity contribution in [1.29, 1.82) is 0 Å². The van der Waals surface area contributed by atoms with Crippen LogP contribution in [0, 0.1) is 0 Å². The second-order valence-corrected chi connectivity index (χ2v) is 8.34. The topological polar surface area (TPSA) is 82.3 Å². The highest BCUT2D eigenvalue weighted by Gasteiger charge is 2.19. The van der Waals surface area contributed by atoms with Crippen molar-refractivity contribution in [2.75, 3.05) is 14.1 Å². The normalized spacial score (nSPS) is 11.8. The Kier molecular flexibility index (Phi) is 4.68. The molecule has 130 valence electrons. The van der Waals surface area contributed by atoms with E-state index in [-0.39, 0.29) is 5.56 Å². The maximum absolute atomic E-state index is 12.2. The molecule has 2 aromatic carbocycles. The van der Waals surface area contributed by atoms with Crippen molar-refractivity contribution >= 4 is 42.9 Å². The fraction of sp³-hybridized carbons (Fsp3) is 0.118. The molecule has 6 nitrogen and oxygen atoms in total. The maximum atomic E-state index is 12.2. The molecule has 1 aromatic heterocycles. The van der Waals surface area contributed by atoms with Gasteiger partial charge in [-0.05, 0) is 33.6 Å². The van der Waals surface area contributed by atoms with Crippen molar-refractivity contribution in [3.8, 4) is 11.1 Å². The van der Waals surface area contributed by atoms with Crippen LogP contribution in [0.5, 0.6) is 0 Å². The Labute approximate surface area is 154 Å². The first-order valence-electron chi connectivity index (χ1n) is 7.41. The molecule has 0 fully saturated rings. The lowest BCUT2D eigenvalue weighted by Gasteiger charge is -2.12. The van der Waals surface area contributed by atoms with Crippen molar-refractivity contribution in [1.82, 2.24) is 14.0 Å². The summed E-state index contributed by atoms with van der Waals surface area (Å²) in [6.45, 7) is 0. The fourth-order valence-electron chi connectivity index (χ4n) is 2.46. The van der Waals surface area contributed by atoms with Gasteiger partial charge in [-0.25, -0.2) is 4.72 Å². The number of carbonyl (C=O) groups is 1. The Morgan fingerprint density at radius 1 is 1.12 bits per heavy atom. The Balaban J connectivity index is 2.01. The molecule has 8 heteroatoms. The summed E-state index contributed by atoms with van der Waals surface area (Å²) < 4.78 is 27.4. The number of rotatable bonds is 4. The van der Waals surface area contributed by atoms with Crippen molar-refractivity contribution in [3.63, 3.8) is 0 Å². The zero-order valence-electron chi connectivity index (χ0n) is 13.6. The third kappa shape index (κ3) is 3.46. The van der Waals surface area contributed by atoms with Gasteiger partial charge in [0.25, 0.3) is 5.91 Å². The monoisotopic (exact) mass is 421 g/mol. The maximum Gasteiger partial charge on any atom is 0.303 e. The van der Waals surface area contributed by atoms with Crippen molar-refractivity contribution in [2.24, 2.45) is 0 Å². The summed E-state index contributed by atoms with van der Waals surface area (Å²) in [6, 6.07) is 14.9. The molecule has 3 aromatic rings. The van der Waals surface area contributed by atoms with Gasteiger partial charge in [-0.3, -0.25) is 4.79 Å². The summed E-state index contributed by atoms with van der Waals surface area (Å²) in [7, 11) is -1.12. The standard InChI is InChI=1S/C17H16BrN3O3S/c1-21(2)25(23,24)20-17(22)12-8-9-13-14(10-12)19-16(18)15(13)11-6-4-3-5-7-11/h3-10,19H,1-2H3,(H,20,22). The summed E-state index contributed by atoms with van der Waals surface area (Å²) in [5.41, 5.74) is 3.02. The number of benzene rings is 2. The summed E-state index contributed by atoms with van der Waals surface area (Å²) in [6.07, 6.45) is 0. The number of halogens is 1. The third-order valence-corrected chi connectivity index (χ3v) is 5.78. The number of nitrogens with one attached hydrogen (secondary N) is 2. The Hall–Kier alpha value is -2.16. The lowest BCUT2D eigenvalue weighted by Crippen LogP contribution is -2.39. The second-order valence-electron chi connectivity index (χ2n) is 5.66. The highest BCUT2D eigenvalue weighted by Crippen LogP contribution is 2.35. The minimum absolute atomic E-state index is 0.256.